The molecule has 4 rings (SSSR count). The Morgan fingerprint density at radius 3 is 2.57 bits per heavy atom. The molecule has 1 aliphatic rings. The first kappa shape index (κ1) is 26.6. The van der Waals surface area contributed by atoms with Crippen LogP contribution in [0.1, 0.15) is 49.5 Å². The maximum absolute atomic E-state index is 13.2. The number of nitrogens with zero attached hydrogens (tertiary/aromatic N) is 4. The lowest BCUT2D eigenvalue weighted by atomic mass is 10.0. The third kappa shape index (κ3) is 6.86. The van der Waals surface area contributed by atoms with Gasteiger partial charge in [-0.15, -0.1) is 0 Å². The number of hydrogen-bond acceptors (Lipinski definition) is 4. The summed E-state index contributed by atoms with van der Waals surface area (Å²) in [5.41, 5.74) is 2.03. The molecule has 3 heterocycles. The first-order chi connectivity index (χ1) is 17.4. The number of alkyl halides is 3. The fourth-order valence-electron chi connectivity index (χ4n) is 4.37. The van der Waals surface area contributed by atoms with E-state index in [4.69, 9.17) is 0 Å². The van der Waals surface area contributed by atoms with Crippen molar-refractivity contribution in [2.24, 2.45) is 0 Å². The summed E-state index contributed by atoms with van der Waals surface area (Å²) in [6.45, 7) is 6.92. The molecule has 0 radical (unpaired) electrons. The van der Waals surface area contributed by atoms with Gasteiger partial charge >= 0.3 is 6.18 Å². The number of rotatable bonds is 5. The number of amides is 1. The number of piperidine rings is 1. The Morgan fingerprint density at radius 2 is 1.92 bits per heavy atom. The summed E-state index contributed by atoms with van der Waals surface area (Å²) in [7, 11) is 2.08. The summed E-state index contributed by atoms with van der Waals surface area (Å²) < 4.78 is 42.4. The minimum absolute atomic E-state index is 0.0961. The standard InChI is InChI=1S/C27H33F3N6O/c1-26(2,3)36-17-20(16-32-36)25(37)31-10-5-6-19-14-23(33-21-7-11-34(4)12-8-21)22-9-13-35(24(22)15-19)18-27(28,29)30/h9,13-17,21,33H,7-8,10-12,18H2,1-4H3,(H,31,37). The van der Waals surface area contributed by atoms with Gasteiger partial charge in [0.25, 0.3) is 5.91 Å². The molecule has 7 nitrogen and oxygen atoms in total. The first-order valence-corrected chi connectivity index (χ1v) is 12.4. The van der Waals surface area contributed by atoms with E-state index in [1.807, 2.05) is 26.8 Å². The van der Waals surface area contributed by atoms with E-state index in [1.165, 1.54) is 17.0 Å². The summed E-state index contributed by atoms with van der Waals surface area (Å²) in [6, 6.07) is 5.50. The van der Waals surface area contributed by atoms with E-state index < -0.39 is 12.7 Å². The van der Waals surface area contributed by atoms with Crippen LogP contribution >= 0.6 is 0 Å². The SMILES string of the molecule is CN1CCC(Nc2cc(C#CCNC(=O)c3cnn(C(C)(C)C)c3)cc3c2ccn3CC(F)(F)F)CC1. The highest BCUT2D eigenvalue weighted by Gasteiger charge is 2.29. The maximum Gasteiger partial charge on any atom is 0.406 e. The van der Waals surface area contributed by atoms with Gasteiger partial charge in [-0.1, -0.05) is 11.8 Å². The number of benzene rings is 1. The number of carbonyl (C=O) groups is 1. The molecular formula is C27H33F3N6O. The van der Waals surface area contributed by atoms with E-state index in [-0.39, 0.29) is 24.0 Å². The Labute approximate surface area is 215 Å². The summed E-state index contributed by atoms with van der Waals surface area (Å²) in [6.07, 6.45) is 2.24. The van der Waals surface area contributed by atoms with Gasteiger partial charge in [-0.2, -0.15) is 18.3 Å². The van der Waals surface area contributed by atoms with Crippen molar-refractivity contribution in [2.45, 2.75) is 57.9 Å². The van der Waals surface area contributed by atoms with Crippen molar-refractivity contribution in [1.29, 1.82) is 0 Å². The highest BCUT2D eigenvalue weighted by atomic mass is 19.4. The van der Waals surface area contributed by atoms with Gasteiger partial charge in [0.15, 0.2) is 0 Å². The molecule has 37 heavy (non-hydrogen) atoms. The molecule has 0 unspecified atom stereocenters. The van der Waals surface area contributed by atoms with Crippen LogP contribution in [0.15, 0.2) is 36.8 Å². The second-order valence-corrected chi connectivity index (χ2v) is 10.6. The molecule has 0 bridgehead atoms. The number of hydrogen-bond donors (Lipinski definition) is 2. The van der Waals surface area contributed by atoms with Gasteiger partial charge in [0, 0.05) is 35.1 Å². The van der Waals surface area contributed by atoms with E-state index in [0.29, 0.717) is 16.6 Å². The molecule has 3 aromatic rings. The van der Waals surface area contributed by atoms with Crippen LogP contribution in [0.5, 0.6) is 0 Å². The number of aromatic nitrogens is 3. The first-order valence-electron chi connectivity index (χ1n) is 12.4. The average molecular weight is 515 g/mol. The third-order valence-electron chi connectivity index (χ3n) is 6.42. The van der Waals surface area contributed by atoms with Crippen molar-refractivity contribution in [2.75, 3.05) is 32.0 Å². The molecule has 2 N–H and O–H groups in total. The lowest BCUT2D eigenvalue weighted by Gasteiger charge is -2.30. The van der Waals surface area contributed by atoms with E-state index in [0.717, 1.165) is 37.0 Å². The monoisotopic (exact) mass is 514 g/mol. The van der Waals surface area contributed by atoms with E-state index in [9.17, 15) is 18.0 Å². The highest BCUT2D eigenvalue weighted by molar-refractivity contribution is 5.94. The van der Waals surface area contributed by atoms with Crippen molar-refractivity contribution >= 4 is 22.5 Å². The predicted octanol–water partition coefficient (Wildman–Crippen LogP) is 4.44. The van der Waals surface area contributed by atoms with Crippen LogP contribution < -0.4 is 10.6 Å². The second kappa shape index (κ2) is 10.5. The number of halogens is 3. The Bertz CT molecular complexity index is 1310. The summed E-state index contributed by atoms with van der Waals surface area (Å²) in [5, 5.41) is 11.3. The van der Waals surface area contributed by atoms with E-state index in [1.54, 1.807) is 23.0 Å². The Kier molecular flexibility index (Phi) is 7.55. The van der Waals surface area contributed by atoms with Crippen molar-refractivity contribution in [3.63, 3.8) is 0 Å². The topological polar surface area (TPSA) is 67.1 Å². The van der Waals surface area contributed by atoms with Crippen LogP contribution in [0, 0.1) is 11.8 Å². The number of fused-ring (bicyclic) bond motifs is 1. The quantitative estimate of drug-likeness (QED) is 0.494. The second-order valence-electron chi connectivity index (χ2n) is 10.6. The van der Waals surface area contributed by atoms with Crippen LogP contribution in [0.3, 0.4) is 0 Å². The molecule has 0 spiro atoms. The number of carbonyl (C=O) groups excluding carboxylic acids is 1. The Morgan fingerprint density at radius 1 is 1.19 bits per heavy atom. The molecule has 1 amide bonds. The molecule has 1 aliphatic heterocycles. The number of likely N-dealkylation sites (tertiary alicyclic amines) is 1. The lowest BCUT2D eigenvalue weighted by Crippen LogP contribution is -2.36. The Hall–Kier alpha value is -3.45. The summed E-state index contributed by atoms with van der Waals surface area (Å²) in [5.74, 6) is 5.65. The number of nitrogens with one attached hydrogen (secondary N) is 2. The van der Waals surface area contributed by atoms with Gasteiger partial charge in [-0.05, 0) is 71.9 Å². The van der Waals surface area contributed by atoms with Crippen LogP contribution in [-0.2, 0) is 12.1 Å². The zero-order chi connectivity index (χ0) is 26.8. The van der Waals surface area contributed by atoms with E-state index in [2.05, 4.69) is 39.5 Å². The minimum atomic E-state index is -4.33. The molecule has 1 saturated heterocycles. The minimum Gasteiger partial charge on any atom is -0.382 e. The predicted molar refractivity (Wildman–Crippen MR) is 139 cm³/mol. The molecule has 1 aromatic carbocycles. The fraction of sp³-hybridized carbons (Fsp3) is 0.481. The molecule has 198 valence electrons. The van der Waals surface area contributed by atoms with Gasteiger partial charge in [0.2, 0.25) is 0 Å². The molecule has 0 atom stereocenters. The maximum atomic E-state index is 13.2. The van der Waals surface area contributed by atoms with Crippen LogP contribution in [0.25, 0.3) is 10.9 Å². The molecule has 0 aliphatic carbocycles. The van der Waals surface area contributed by atoms with Gasteiger partial charge < -0.3 is 20.1 Å². The zero-order valence-electron chi connectivity index (χ0n) is 21.6. The molecule has 0 saturated carbocycles. The van der Waals surface area contributed by atoms with Gasteiger partial charge in [-0.3, -0.25) is 9.48 Å². The van der Waals surface area contributed by atoms with Crippen molar-refractivity contribution in [3.05, 3.63) is 47.9 Å². The van der Waals surface area contributed by atoms with E-state index >= 15 is 0 Å². The molecule has 1 fully saturated rings. The fourth-order valence-corrected chi connectivity index (χ4v) is 4.37. The van der Waals surface area contributed by atoms with Gasteiger partial charge in [0.1, 0.15) is 6.54 Å². The largest absolute Gasteiger partial charge is 0.406 e. The van der Waals surface area contributed by atoms with Crippen molar-refractivity contribution in [3.8, 4) is 11.8 Å². The van der Waals surface area contributed by atoms with Crippen molar-refractivity contribution < 1.29 is 18.0 Å². The molecule has 2 aromatic heterocycles. The van der Waals surface area contributed by atoms with Crippen LogP contribution in [0.4, 0.5) is 18.9 Å². The smallest absolute Gasteiger partial charge is 0.382 e. The zero-order valence-corrected chi connectivity index (χ0v) is 21.6. The molecule has 10 heteroatoms. The average Bonchev–Trinajstić information content (AvgIpc) is 3.45. The highest BCUT2D eigenvalue weighted by Crippen LogP contribution is 2.30. The lowest BCUT2D eigenvalue weighted by molar-refractivity contribution is -0.139. The third-order valence-corrected chi connectivity index (χ3v) is 6.42. The Balaban J connectivity index is 1.53. The van der Waals surface area contributed by atoms with Crippen LogP contribution in [0.2, 0.25) is 0 Å². The molecular weight excluding hydrogens is 481 g/mol. The van der Waals surface area contributed by atoms with Crippen LogP contribution in [-0.4, -0.2) is 64.1 Å². The van der Waals surface area contributed by atoms with Gasteiger partial charge in [0.05, 0.1) is 29.4 Å². The normalized spacial score (nSPS) is 15.4. The summed E-state index contributed by atoms with van der Waals surface area (Å²) >= 11 is 0. The van der Waals surface area contributed by atoms with Gasteiger partial charge in [-0.25, -0.2) is 0 Å². The van der Waals surface area contributed by atoms with Crippen molar-refractivity contribution in [1.82, 2.24) is 24.6 Å². The summed E-state index contributed by atoms with van der Waals surface area (Å²) in [4.78, 5) is 14.7. The number of anilines is 1.